The quantitative estimate of drug-likeness (QED) is 0.0351. The first-order valence-electron chi connectivity index (χ1n) is 46.7. The third-order valence-corrected chi connectivity index (χ3v) is 25.7. The number of methoxy groups -OCH3 is 2. The van der Waals surface area contributed by atoms with E-state index in [1.807, 2.05) is 121 Å². The van der Waals surface area contributed by atoms with Crippen molar-refractivity contribution in [2.45, 2.75) is 230 Å². The fourth-order valence-corrected chi connectivity index (χ4v) is 19.0. The number of imidazole rings is 4. The number of aryl methyl sites for hydroxylation is 6. The molecule has 3 saturated heterocycles. The predicted octanol–water partition coefficient (Wildman–Crippen LogP) is 20.2. The van der Waals surface area contributed by atoms with Gasteiger partial charge in [-0.1, -0.05) is 57.8 Å². The molecule has 0 radical (unpaired) electrons. The Bertz CT molecular complexity index is 6790. The Labute approximate surface area is 894 Å². The number of carbonyl (C=O) groups excluding carboxylic acids is 4. The van der Waals surface area contributed by atoms with Crippen molar-refractivity contribution in [3.63, 3.8) is 0 Å². The number of nitrogen functional groups attached to an aromatic ring is 4. The normalized spacial score (nSPS) is 14.9. The van der Waals surface area contributed by atoms with Crippen molar-refractivity contribution in [3.8, 4) is 23.0 Å². The van der Waals surface area contributed by atoms with Crippen molar-refractivity contribution in [2.75, 3.05) is 81.8 Å². The van der Waals surface area contributed by atoms with E-state index in [1.54, 1.807) is 112 Å². The minimum Gasteiger partial charge on any atom is -0.490 e. The summed E-state index contributed by atoms with van der Waals surface area (Å²) in [6.45, 7) is 38.3. The van der Waals surface area contributed by atoms with Crippen LogP contribution < -0.4 is 47.2 Å². The standard InChI is InChI=1S/C26H27F2N5O2.C26H34FN5O3.C25H31ClFN5O3.C25H31ClFN5O2.6H2S/c1-13(2)35-23-19(15(4)25-31-16(5)22-24(29)30-10-11-33(22)25)12-14(3)21(28)20(23)26(34)32-18-8-6-17(27)7-9-18;1-14(2)35-23-19(16(4)25-30-17(5)22-24(28)29-9-11-32(22)25)12-15(3)21(27)20(23)26(33)31-10-7-8-18(31)13-34-6;1-13(2)35-22-17(14(3)24-30-15(4)21-23(28)29-8-11-32(21)24)12-18(26)20(27)19(22)25(33)31-9-6-16(34-5)7-10-31;1-13(2)34-22-17(15(4)24-30-16(5)21-23(28)29-8-10-32(21)24)11-18(26)20(27)19(22)25(33)31-9-6-7-14(3)12-31;;;;;;/h6-13,15H,1-5H3,(H2,29,30)(H,32,34);9,11-12,14,16,18H,7-8,10,13H2,1-6H3,(H2,28,29);8,11-14,16H,6-7,9-10H2,1-5H3,(H2,28,29);8,10-11,13-15H,6-7,9,12H2,1-5H3,(H2,28,29);6*1H2/t15-;16-,18-;14-;14-,15-;;;;;;/m0000....../s1. The van der Waals surface area contributed by atoms with E-state index in [0.29, 0.717) is 166 Å². The van der Waals surface area contributed by atoms with Gasteiger partial charge in [0.05, 0.1) is 76.0 Å². The highest BCUT2D eigenvalue weighted by atomic mass is 35.5. The summed E-state index contributed by atoms with van der Waals surface area (Å²) in [7, 11) is 3.27. The van der Waals surface area contributed by atoms with Crippen molar-refractivity contribution in [1.82, 2.24) is 72.2 Å². The Morgan fingerprint density at radius 2 is 0.752 bits per heavy atom. The maximum atomic E-state index is 15.7. The molecule has 788 valence electrons. The SMILES string of the molecule is COC1CCN(C(=O)c2c(F)c(Cl)cc([C@H](C)c3nc(C)c4c(N)nccn34)c2OC(C)C)CC1.COC[C@@H]1CCCN1C(=O)c1c(F)c(C)cc([C@H](C)c2nc(C)c3c(N)nccn23)c1OC(C)C.Cc1cc([C@H](C)c2nc(C)c3c(N)nccn23)c(OC(C)C)c(C(=O)Nc2ccc(F)cc2)c1F.Cc1nc([C@@H](C)c2cc(Cl)c(F)c(C(=O)N3CCC[C@H](C)C3)c2OC(C)C)n2ccnc(N)c12.S.S.S.S.S.S. The molecule has 0 saturated carbocycles. The van der Waals surface area contributed by atoms with Gasteiger partial charge in [0.25, 0.3) is 23.6 Å². The van der Waals surface area contributed by atoms with E-state index in [-0.39, 0.29) is 202 Å². The number of hydrogen-bond acceptors (Lipinski definition) is 22. The summed E-state index contributed by atoms with van der Waals surface area (Å²) in [4.78, 5) is 94.9. The van der Waals surface area contributed by atoms with E-state index in [2.05, 4.69) is 32.2 Å². The van der Waals surface area contributed by atoms with E-state index < -0.39 is 52.7 Å². The fourth-order valence-electron chi connectivity index (χ4n) is 18.6. The molecule has 3 fully saturated rings. The monoisotopic (exact) mass is 2160 g/mol. The van der Waals surface area contributed by atoms with Gasteiger partial charge in [0.15, 0.2) is 11.6 Å². The molecule has 30 nitrogen and oxygen atoms in total. The van der Waals surface area contributed by atoms with Gasteiger partial charge in [0.1, 0.15) is 131 Å². The van der Waals surface area contributed by atoms with E-state index in [0.717, 1.165) is 42.6 Å². The van der Waals surface area contributed by atoms with Gasteiger partial charge in [-0.3, -0.25) is 36.8 Å². The molecule has 13 aromatic rings. The molecule has 8 aromatic heterocycles. The summed E-state index contributed by atoms with van der Waals surface area (Å²) in [6.07, 6.45) is 17.4. The Balaban J connectivity index is 0.000000259. The van der Waals surface area contributed by atoms with Crippen molar-refractivity contribution in [1.29, 1.82) is 0 Å². The van der Waals surface area contributed by atoms with Crippen LogP contribution in [0.3, 0.4) is 0 Å². The van der Waals surface area contributed by atoms with Gasteiger partial charge >= 0.3 is 0 Å². The lowest BCUT2D eigenvalue weighted by atomic mass is 9.93. The number of rotatable bonds is 24. The van der Waals surface area contributed by atoms with Crippen LogP contribution in [0.1, 0.15) is 273 Å². The van der Waals surface area contributed by atoms with Crippen LogP contribution in [0.5, 0.6) is 23.0 Å². The number of halogens is 7. The van der Waals surface area contributed by atoms with Gasteiger partial charge in [-0.25, -0.2) is 61.8 Å². The van der Waals surface area contributed by atoms with Crippen LogP contribution in [-0.2, 0) is 9.47 Å². The summed E-state index contributed by atoms with van der Waals surface area (Å²) in [5.41, 5.74) is 33.0. The van der Waals surface area contributed by atoms with Gasteiger partial charge in [0.2, 0.25) is 0 Å². The van der Waals surface area contributed by atoms with Gasteiger partial charge in [-0.05, 0) is 201 Å². The van der Waals surface area contributed by atoms with Crippen LogP contribution >= 0.6 is 104 Å². The van der Waals surface area contributed by atoms with E-state index in [4.69, 9.17) is 94.5 Å². The van der Waals surface area contributed by atoms with Crippen molar-refractivity contribution < 1.29 is 69.6 Å². The first-order chi connectivity index (χ1) is 66.0. The summed E-state index contributed by atoms with van der Waals surface area (Å²) >= 11 is 12.7. The number of ether oxygens (including phenoxy) is 6. The number of nitrogens with one attached hydrogen (secondary N) is 1. The second kappa shape index (κ2) is 51.6. The Hall–Kier alpha value is -10.9. The number of amides is 4. The number of piperidine rings is 2. The van der Waals surface area contributed by atoms with Crippen molar-refractivity contribution in [3.05, 3.63) is 239 Å². The molecule has 11 heterocycles. The highest BCUT2D eigenvalue weighted by Gasteiger charge is 2.40. The lowest BCUT2D eigenvalue weighted by Crippen LogP contribution is -2.41. The molecule has 0 bridgehead atoms. The third kappa shape index (κ3) is 25.7. The number of fused-ring (bicyclic) bond motifs is 4. The first-order valence-corrected chi connectivity index (χ1v) is 47.4. The molecule has 9 N–H and O–H groups in total. The Morgan fingerprint density at radius 1 is 0.428 bits per heavy atom. The smallest absolute Gasteiger partial charge is 0.262 e. The molecular weight excluding hydrogens is 2020 g/mol. The number of likely N-dealkylation sites (tertiary alicyclic amines) is 3. The number of nitrogens with zero attached hydrogens (tertiary/aromatic N) is 15. The topological polar surface area (TPSA) is 370 Å². The van der Waals surface area contributed by atoms with E-state index >= 15 is 17.6 Å². The number of aromatic nitrogens is 12. The molecule has 43 heteroatoms. The summed E-state index contributed by atoms with van der Waals surface area (Å²) in [5.74, 6) is -1.28. The minimum atomic E-state index is -0.783. The molecule has 145 heavy (non-hydrogen) atoms. The van der Waals surface area contributed by atoms with Crippen LogP contribution in [0.4, 0.5) is 50.9 Å². The largest absolute Gasteiger partial charge is 0.490 e. The summed E-state index contributed by atoms with van der Waals surface area (Å²) < 4.78 is 118. The lowest BCUT2D eigenvalue weighted by Gasteiger charge is -2.32. The fraction of sp³-hybridized carbons (Fsp3) is 0.431. The van der Waals surface area contributed by atoms with Gasteiger partial charge in [-0.2, -0.15) is 81.0 Å². The van der Waals surface area contributed by atoms with Gasteiger partial charge < -0.3 is 71.4 Å². The molecule has 3 aliphatic rings. The molecule has 0 unspecified atom stereocenters. The van der Waals surface area contributed by atoms with Gasteiger partial charge in [0, 0.05) is 148 Å². The average Bonchev–Trinajstić information content (AvgIpc) is 1.50. The zero-order valence-corrected chi connectivity index (χ0v) is 92.8. The zero-order chi connectivity index (χ0) is 101. The first kappa shape index (κ1) is 121. The molecule has 5 aromatic carbocycles. The Morgan fingerprint density at radius 3 is 1.09 bits per heavy atom. The number of nitrogens with two attached hydrogens (primary N) is 4. The van der Waals surface area contributed by atoms with Crippen molar-refractivity contribution in [2.24, 2.45) is 5.92 Å². The number of anilines is 5. The van der Waals surface area contributed by atoms with Crippen LogP contribution in [0.15, 0.2) is 98.1 Å². The molecular formula is C102H135Cl2F5N20O10S6. The minimum absolute atomic E-state index is 0. The molecule has 0 spiro atoms. The molecule has 16 rings (SSSR count). The molecule has 4 amide bonds. The lowest BCUT2D eigenvalue weighted by molar-refractivity contribution is 0.0345. The molecule has 6 atom stereocenters. The van der Waals surface area contributed by atoms with Crippen molar-refractivity contribution >= 4 is 179 Å². The van der Waals surface area contributed by atoms with Crippen LogP contribution in [0.25, 0.3) is 22.1 Å². The summed E-state index contributed by atoms with van der Waals surface area (Å²) in [5, 5.41) is 2.38. The van der Waals surface area contributed by atoms with Crippen LogP contribution in [0.2, 0.25) is 10.0 Å². The van der Waals surface area contributed by atoms with Crippen LogP contribution in [-0.4, -0.2) is 186 Å². The second-order valence-electron chi connectivity index (χ2n) is 36.9. The summed E-state index contributed by atoms with van der Waals surface area (Å²) in [6, 6.07) is 11.6. The second-order valence-corrected chi connectivity index (χ2v) is 37.7. The maximum absolute atomic E-state index is 15.7. The maximum Gasteiger partial charge on any atom is 0.262 e. The molecule has 3 aliphatic heterocycles. The highest BCUT2D eigenvalue weighted by Crippen LogP contribution is 2.47. The molecule has 0 aliphatic carbocycles. The number of carbonyl (C=O) groups is 4. The van der Waals surface area contributed by atoms with Gasteiger partial charge in [-0.15, -0.1) is 0 Å². The van der Waals surface area contributed by atoms with E-state index in [9.17, 15) is 23.6 Å². The predicted molar refractivity (Wildman–Crippen MR) is 590 cm³/mol. The highest BCUT2D eigenvalue weighted by molar-refractivity contribution is 7.60. The average molecular weight is 2160 g/mol. The zero-order valence-electron chi connectivity index (χ0n) is 85.3. The number of benzene rings is 5. The Kier molecular flexibility index (Phi) is 43.1. The number of hydrogen-bond donors (Lipinski definition) is 5. The third-order valence-electron chi connectivity index (χ3n) is 25.2. The van der Waals surface area contributed by atoms with Crippen LogP contribution in [0, 0.1) is 76.5 Å². The van der Waals surface area contributed by atoms with E-state index in [1.165, 1.54) is 36.4 Å².